The van der Waals surface area contributed by atoms with Crippen LogP contribution in [0.3, 0.4) is 0 Å². The third-order valence-electron chi connectivity index (χ3n) is 5.01. The van der Waals surface area contributed by atoms with Crippen LogP contribution in [-0.4, -0.2) is 25.0 Å². The molecule has 2 fully saturated rings. The van der Waals surface area contributed by atoms with Gasteiger partial charge < -0.3 is 10.2 Å². The van der Waals surface area contributed by atoms with Gasteiger partial charge >= 0.3 is 0 Å². The van der Waals surface area contributed by atoms with Gasteiger partial charge in [-0.3, -0.25) is 4.79 Å². The number of amides is 1. The number of para-hydroxylation sites is 1. The first-order valence-electron chi connectivity index (χ1n) is 8.54. The molecule has 1 aromatic carbocycles. The molecule has 1 aliphatic carbocycles. The van der Waals surface area contributed by atoms with Crippen molar-refractivity contribution in [2.24, 2.45) is 5.92 Å². The molecule has 1 saturated heterocycles. The summed E-state index contributed by atoms with van der Waals surface area (Å²) < 4.78 is 13.8. The van der Waals surface area contributed by atoms with Gasteiger partial charge in [0.25, 0.3) is 0 Å². The molecule has 3 rings (SSSR count). The summed E-state index contributed by atoms with van der Waals surface area (Å²) in [6.45, 7) is 1.51. The van der Waals surface area contributed by atoms with E-state index in [1.807, 2.05) is 12.1 Å². The highest BCUT2D eigenvalue weighted by molar-refractivity contribution is 5.79. The highest BCUT2D eigenvalue weighted by Gasteiger charge is 2.27. The number of rotatable bonds is 3. The highest BCUT2D eigenvalue weighted by Crippen LogP contribution is 2.26. The summed E-state index contributed by atoms with van der Waals surface area (Å²) in [5.74, 6) is 0.123. The summed E-state index contributed by atoms with van der Waals surface area (Å²) in [6, 6.07) is 7.27. The van der Waals surface area contributed by atoms with Gasteiger partial charge in [-0.1, -0.05) is 31.4 Å². The number of halogens is 1. The van der Waals surface area contributed by atoms with Gasteiger partial charge in [-0.15, -0.1) is 0 Å². The summed E-state index contributed by atoms with van der Waals surface area (Å²) in [5, 5.41) is 3.22. The fourth-order valence-electron chi connectivity index (χ4n) is 3.66. The molecule has 0 bridgehead atoms. The zero-order valence-electron chi connectivity index (χ0n) is 13.1. The van der Waals surface area contributed by atoms with E-state index >= 15 is 0 Å². The molecule has 120 valence electrons. The molecule has 3 nitrogen and oxygen atoms in total. The van der Waals surface area contributed by atoms with E-state index in [9.17, 15) is 9.18 Å². The van der Waals surface area contributed by atoms with E-state index in [0.717, 1.165) is 38.8 Å². The van der Waals surface area contributed by atoms with E-state index in [1.165, 1.54) is 25.3 Å². The van der Waals surface area contributed by atoms with E-state index in [4.69, 9.17) is 0 Å². The van der Waals surface area contributed by atoms with Crippen LogP contribution in [-0.2, 0) is 4.79 Å². The fraction of sp³-hybridized carbons (Fsp3) is 0.611. The number of hydrogen-bond donors (Lipinski definition) is 1. The Hall–Kier alpha value is -1.58. The SMILES string of the molecule is O=C(NC1CCCCC1)C1CCN(c2ccccc2F)CC1. The summed E-state index contributed by atoms with van der Waals surface area (Å²) in [6.07, 6.45) is 7.64. The number of nitrogens with one attached hydrogen (secondary N) is 1. The van der Waals surface area contributed by atoms with Crippen molar-refractivity contribution in [1.29, 1.82) is 0 Å². The molecule has 1 aliphatic heterocycles. The van der Waals surface area contributed by atoms with Gasteiger partial charge in [0, 0.05) is 25.0 Å². The molecule has 1 heterocycles. The maximum atomic E-state index is 13.8. The molecule has 0 radical (unpaired) electrons. The summed E-state index contributed by atoms with van der Waals surface area (Å²) in [5.41, 5.74) is 0.661. The van der Waals surface area contributed by atoms with Crippen molar-refractivity contribution >= 4 is 11.6 Å². The minimum Gasteiger partial charge on any atom is -0.369 e. The first kappa shape index (κ1) is 15.3. The lowest BCUT2D eigenvalue weighted by Crippen LogP contribution is -2.44. The maximum absolute atomic E-state index is 13.8. The predicted molar refractivity (Wildman–Crippen MR) is 86.4 cm³/mol. The smallest absolute Gasteiger partial charge is 0.223 e. The minimum absolute atomic E-state index is 0.0879. The number of hydrogen-bond acceptors (Lipinski definition) is 2. The van der Waals surface area contributed by atoms with Crippen molar-refractivity contribution < 1.29 is 9.18 Å². The Bertz CT molecular complexity index is 506. The normalized spacial score (nSPS) is 20.9. The number of carbonyl (C=O) groups is 1. The molecule has 0 unspecified atom stereocenters. The van der Waals surface area contributed by atoms with Crippen molar-refractivity contribution in [2.45, 2.75) is 51.0 Å². The second-order valence-corrected chi connectivity index (χ2v) is 6.56. The molecule has 0 atom stereocenters. The van der Waals surface area contributed by atoms with E-state index in [-0.39, 0.29) is 17.6 Å². The standard InChI is InChI=1S/C18H25FN2O/c19-16-8-4-5-9-17(16)21-12-10-14(11-13-21)18(22)20-15-6-2-1-3-7-15/h4-5,8-9,14-15H,1-3,6-7,10-13H2,(H,20,22). The molecular formula is C18H25FN2O. The average Bonchev–Trinajstić information content (AvgIpc) is 2.56. The lowest BCUT2D eigenvalue weighted by Gasteiger charge is -2.34. The van der Waals surface area contributed by atoms with Crippen LogP contribution in [0.15, 0.2) is 24.3 Å². The maximum Gasteiger partial charge on any atom is 0.223 e. The Morgan fingerprint density at radius 2 is 1.73 bits per heavy atom. The Balaban J connectivity index is 1.51. The monoisotopic (exact) mass is 304 g/mol. The third kappa shape index (κ3) is 3.60. The second kappa shape index (κ2) is 7.12. The van der Waals surface area contributed by atoms with Crippen LogP contribution in [0.2, 0.25) is 0 Å². The van der Waals surface area contributed by atoms with Crippen LogP contribution in [0.5, 0.6) is 0 Å². The minimum atomic E-state index is -0.174. The van der Waals surface area contributed by atoms with Crippen LogP contribution in [0.1, 0.15) is 44.9 Å². The Kier molecular flexibility index (Phi) is 4.96. The molecule has 2 aliphatic rings. The Labute approximate surface area is 131 Å². The Morgan fingerprint density at radius 1 is 1.05 bits per heavy atom. The van der Waals surface area contributed by atoms with E-state index in [1.54, 1.807) is 6.07 Å². The quantitative estimate of drug-likeness (QED) is 0.927. The molecule has 22 heavy (non-hydrogen) atoms. The van der Waals surface area contributed by atoms with E-state index < -0.39 is 0 Å². The Morgan fingerprint density at radius 3 is 2.41 bits per heavy atom. The zero-order chi connectivity index (χ0) is 15.4. The number of carbonyl (C=O) groups excluding carboxylic acids is 1. The number of anilines is 1. The van der Waals surface area contributed by atoms with Gasteiger partial charge in [-0.25, -0.2) is 4.39 Å². The van der Waals surface area contributed by atoms with Gasteiger partial charge in [0.2, 0.25) is 5.91 Å². The fourth-order valence-corrected chi connectivity index (χ4v) is 3.66. The van der Waals surface area contributed by atoms with Crippen LogP contribution in [0.4, 0.5) is 10.1 Å². The van der Waals surface area contributed by atoms with Crippen LogP contribution in [0, 0.1) is 11.7 Å². The number of benzene rings is 1. The van der Waals surface area contributed by atoms with Crippen LogP contribution >= 0.6 is 0 Å². The highest BCUT2D eigenvalue weighted by atomic mass is 19.1. The molecule has 1 amide bonds. The average molecular weight is 304 g/mol. The van der Waals surface area contributed by atoms with Gasteiger partial charge in [-0.05, 0) is 37.8 Å². The van der Waals surface area contributed by atoms with E-state index in [0.29, 0.717) is 11.7 Å². The first-order valence-corrected chi connectivity index (χ1v) is 8.54. The lowest BCUT2D eigenvalue weighted by atomic mass is 9.92. The summed E-state index contributed by atoms with van der Waals surface area (Å²) in [4.78, 5) is 14.4. The van der Waals surface area contributed by atoms with Gasteiger partial charge in [-0.2, -0.15) is 0 Å². The number of piperidine rings is 1. The van der Waals surface area contributed by atoms with Gasteiger partial charge in [0.1, 0.15) is 5.82 Å². The zero-order valence-corrected chi connectivity index (χ0v) is 13.1. The van der Waals surface area contributed by atoms with Gasteiger partial charge in [0.15, 0.2) is 0 Å². The molecular weight excluding hydrogens is 279 g/mol. The lowest BCUT2D eigenvalue weighted by molar-refractivity contribution is -0.126. The molecule has 1 aromatic rings. The van der Waals surface area contributed by atoms with Crippen LogP contribution < -0.4 is 10.2 Å². The van der Waals surface area contributed by atoms with Crippen molar-refractivity contribution in [3.63, 3.8) is 0 Å². The topological polar surface area (TPSA) is 32.3 Å². The molecule has 0 spiro atoms. The summed E-state index contributed by atoms with van der Waals surface area (Å²) >= 11 is 0. The number of nitrogens with zero attached hydrogens (tertiary/aromatic N) is 1. The van der Waals surface area contributed by atoms with Crippen molar-refractivity contribution in [1.82, 2.24) is 5.32 Å². The molecule has 1 N–H and O–H groups in total. The second-order valence-electron chi connectivity index (χ2n) is 6.56. The molecule has 4 heteroatoms. The third-order valence-corrected chi connectivity index (χ3v) is 5.01. The van der Waals surface area contributed by atoms with Crippen molar-refractivity contribution in [3.05, 3.63) is 30.1 Å². The first-order chi connectivity index (χ1) is 10.7. The van der Waals surface area contributed by atoms with Gasteiger partial charge in [0.05, 0.1) is 5.69 Å². The largest absolute Gasteiger partial charge is 0.369 e. The van der Waals surface area contributed by atoms with Crippen molar-refractivity contribution in [3.8, 4) is 0 Å². The molecule has 0 aromatic heterocycles. The summed E-state index contributed by atoms with van der Waals surface area (Å²) in [7, 11) is 0. The van der Waals surface area contributed by atoms with Crippen LogP contribution in [0.25, 0.3) is 0 Å². The van der Waals surface area contributed by atoms with E-state index in [2.05, 4.69) is 10.2 Å². The predicted octanol–water partition coefficient (Wildman–Crippen LogP) is 3.49. The molecule has 1 saturated carbocycles. The van der Waals surface area contributed by atoms with Crippen molar-refractivity contribution in [2.75, 3.05) is 18.0 Å².